The number of aromatic amines is 2. The predicted octanol–water partition coefficient (Wildman–Crippen LogP) is 7.59. The first-order valence-electron chi connectivity index (χ1n) is 18.8. The summed E-state index contributed by atoms with van der Waals surface area (Å²) in [6.07, 6.45) is 6.45. The number of carbonyl (C=O) groups is 2. The van der Waals surface area contributed by atoms with Crippen LogP contribution in [0.15, 0.2) is 112 Å². The second-order valence-corrected chi connectivity index (χ2v) is 18.6. The van der Waals surface area contributed by atoms with Crippen molar-refractivity contribution in [1.29, 1.82) is 0 Å². The highest BCUT2D eigenvalue weighted by atomic mass is 32.2. The predicted molar refractivity (Wildman–Crippen MR) is 235 cm³/mol. The number of carbonyl (C=O) groups excluding carboxylic acids is 1. The lowest BCUT2D eigenvalue weighted by molar-refractivity contribution is -0.137. The molecule has 1 amide bonds. The van der Waals surface area contributed by atoms with Gasteiger partial charge in [0, 0.05) is 46.1 Å². The van der Waals surface area contributed by atoms with Crippen LogP contribution < -0.4 is 5.32 Å². The lowest BCUT2D eigenvalue weighted by Gasteiger charge is -2.08. The molecule has 7 N–H and O–H groups in total. The lowest BCUT2D eigenvalue weighted by atomic mass is 10.0. The first-order valence-corrected chi connectivity index (χ1v) is 23.1. The van der Waals surface area contributed by atoms with Crippen LogP contribution in [0.5, 0.6) is 0 Å². The number of aliphatic carboxylic acids is 1. The van der Waals surface area contributed by atoms with Gasteiger partial charge in [0.2, 0.25) is 5.91 Å². The lowest BCUT2D eigenvalue weighted by Crippen LogP contribution is -2.13. The molecule has 17 nitrogen and oxygen atoms in total. The Kier molecular flexibility index (Phi) is 11.0. The molecular weight excluding hydrogens is 875 g/mol. The summed E-state index contributed by atoms with van der Waals surface area (Å²) >= 11 is 0. The van der Waals surface area contributed by atoms with E-state index < -0.39 is 42.2 Å². The van der Waals surface area contributed by atoms with Crippen molar-refractivity contribution in [3.05, 3.63) is 120 Å². The summed E-state index contributed by atoms with van der Waals surface area (Å²) < 4.78 is 101. The third kappa shape index (κ3) is 8.98. The average molecular weight is 908 g/mol. The number of hydrogen-bond donors (Lipinski definition) is 7. The number of anilines is 1. The molecule has 0 spiro atoms. The molecule has 0 atom stereocenters. The van der Waals surface area contributed by atoms with E-state index in [-0.39, 0.29) is 45.3 Å². The standard InChI is InChI=1S/C43H33N5O12S3/c49-38(2-1-3-39(50)51)48-43-36-22-20-34(46-36)41(25-6-12-28(13-7-25)62(55,56)57)32-18-16-30(44-32)40(24-4-10-27(11-5-24)61(52,53)54)31-17-19-33(45-31)42(35-21-23-37(43)47-35)26-8-14-29(15-9-26)63(58,59)60/h4-23,44,47H,1-3H2,(H,48,49)(H,50,51)(H,52,53,54)(H,55,56,57)(H,58,59,60). The molecule has 8 bridgehead atoms. The minimum absolute atomic E-state index is 0.0584. The zero-order valence-corrected chi connectivity index (χ0v) is 34.8. The number of nitrogens with one attached hydrogen (secondary N) is 3. The molecule has 20 heteroatoms. The van der Waals surface area contributed by atoms with Gasteiger partial charge in [0.05, 0.1) is 48.7 Å². The van der Waals surface area contributed by atoms with E-state index >= 15 is 0 Å². The monoisotopic (exact) mass is 907 g/mol. The van der Waals surface area contributed by atoms with Crippen LogP contribution in [0.4, 0.5) is 5.69 Å². The van der Waals surface area contributed by atoms with Gasteiger partial charge < -0.3 is 20.4 Å². The maximum Gasteiger partial charge on any atom is 0.303 e. The zero-order chi connectivity index (χ0) is 44.8. The van der Waals surface area contributed by atoms with Crippen molar-refractivity contribution < 1.29 is 53.6 Å². The van der Waals surface area contributed by atoms with E-state index in [1.807, 2.05) is 0 Å². The first kappa shape index (κ1) is 42.6. The minimum Gasteiger partial charge on any atom is -0.481 e. The van der Waals surface area contributed by atoms with Gasteiger partial charge in [-0.3, -0.25) is 23.2 Å². The molecule has 0 unspecified atom stereocenters. The Labute approximate surface area is 358 Å². The number of amides is 1. The van der Waals surface area contributed by atoms with E-state index in [1.54, 1.807) is 48.6 Å². The Bertz CT molecular complexity index is 3380. The molecule has 8 rings (SSSR count). The fraction of sp³-hybridized carbons (Fsp3) is 0.0698. The summed E-state index contributed by atoms with van der Waals surface area (Å²) in [5, 5.41) is 12.1. The number of fused-ring (bicyclic) bond motifs is 8. The van der Waals surface area contributed by atoms with Gasteiger partial charge >= 0.3 is 5.97 Å². The van der Waals surface area contributed by atoms with E-state index in [4.69, 9.17) is 9.97 Å². The zero-order valence-electron chi connectivity index (χ0n) is 32.3. The van der Waals surface area contributed by atoms with Crippen LogP contribution in [0, 0.1) is 0 Å². The number of hydrogen-bond acceptors (Lipinski definition) is 10. The quantitative estimate of drug-likeness (QED) is 0.0616. The Morgan fingerprint density at radius 2 is 0.810 bits per heavy atom. The molecule has 0 radical (unpaired) electrons. The maximum atomic E-state index is 13.4. The third-order valence-corrected chi connectivity index (χ3v) is 12.7. The molecule has 2 aliphatic rings. The van der Waals surface area contributed by atoms with Gasteiger partial charge in [-0.2, -0.15) is 25.3 Å². The number of carboxylic acid groups (broad SMARTS) is 1. The second kappa shape index (κ2) is 16.3. The van der Waals surface area contributed by atoms with Gasteiger partial charge in [-0.1, -0.05) is 36.4 Å². The topological polar surface area (TPSA) is 287 Å². The summed E-state index contributed by atoms with van der Waals surface area (Å²) in [6, 6.07) is 23.2. The summed E-state index contributed by atoms with van der Waals surface area (Å²) in [5.74, 6) is -1.56. The Balaban J connectivity index is 1.48. The van der Waals surface area contributed by atoms with Crippen LogP contribution in [0.3, 0.4) is 0 Å². The number of H-pyrrole nitrogens is 2. The van der Waals surface area contributed by atoms with Crippen molar-refractivity contribution in [2.24, 2.45) is 0 Å². The van der Waals surface area contributed by atoms with E-state index in [0.717, 1.165) is 0 Å². The van der Waals surface area contributed by atoms with Crippen molar-refractivity contribution in [2.75, 3.05) is 5.32 Å². The number of nitrogens with zero attached hydrogens (tertiary/aromatic N) is 2. The van der Waals surface area contributed by atoms with E-state index in [9.17, 15) is 53.6 Å². The van der Waals surface area contributed by atoms with Gasteiger partial charge in [0.1, 0.15) is 0 Å². The number of benzene rings is 3. The highest BCUT2D eigenvalue weighted by Gasteiger charge is 2.21. The Morgan fingerprint density at radius 3 is 1.17 bits per heavy atom. The smallest absolute Gasteiger partial charge is 0.303 e. The van der Waals surface area contributed by atoms with Crippen molar-refractivity contribution in [1.82, 2.24) is 19.9 Å². The van der Waals surface area contributed by atoms with Crippen molar-refractivity contribution in [3.63, 3.8) is 0 Å². The summed E-state index contributed by atoms with van der Waals surface area (Å²) in [6.45, 7) is 0. The van der Waals surface area contributed by atoms with Crippen LogP contribution in [0.2, 0.25) is 0 Å². The van der Waals surface area contributed by atoms with Crippen LogP contribution in [0.1, 0.15) is 42.0 Å². The molecule has 3 aromatic heterocycles. The molecule has 0 saturated heterocycles. The fourth-order valence-electron chi connectivity index (χ4n) is 7.23. The molecule has 2 aliphatic heterocycles. The van der Waals surface area contributed by atoms with Crippen LogP contribution in [-0.4, -0.2) is 75.8 Å². The van der Waals surface area contributed by atoms with Crippen molar-refractivity contribution in [3.8, 4) is 33.4 Å². The summed E-state index contributed by atoms with van der Waals surface area (Å²) in [4.78, 5) is 40.3. The molecule has 3 aromatic carbocycles. The van der Waals surface area contributed by atoms with Crippen molar-refractivity contribution >= 4 is 94.3 Å². The summed E-state index contributed by atoms with van der Waals surface area (Å²) in [5.41, 5.74) is 6.17. The molecular formula is C43H33N5O12S3. The van der Waals surface area contributed by atoms with Gasteiger partial charge in [0.25, 0.3) is 30.4 Å². The highest BCUT2D eigenvalue weighted by Crippen LogP contribution is 2.38. The summed E-state index contributed by atoms with van der Waals surface area (Å²) in [7, 11) is -13.6. The molecule has 63 heavy (non-hydrogen) atoms. The largest absolute Gasteiger partial charge is 0.481 e. The Hall–Kier alpha value is -7.07. The normalized spacial score (nSPS) is 12.7. The first-order chi connectivity index (χ1) is 29.8. The fourth-order valence-corrected chi connectivity index (χ4v) is 8.67. The SMILES string of the molecule is O=C(O)CCCC(=O)Nc1c2nc(c(-c3ccc(S(=O)(=O)O)cc3)c3ccc([nH]3)c(-c3ccc(S(=O)(=O)O)cc3)c3nc(c(-c4ccc(S(=O)(=O)O)cc4)c4ccc1[nH]4)C=C3)C=C2. The maximum absolute atomic E-state index is 13.4. The molecule has 6 aromatic rings. The third-order valence-electron chi connectivity index (χ3n) is 10.1. The molecule has 320 valence electrons. The van der Waals surface area contributed by atoms with Gasteiger partial charge in [0.15, 0.2) is 0 Å². The molecule has 0 saturated carbocycles. The number of rotatable bonds is 11. The average Bonchev–Trinajstić information content (AvgIpc) is 4.07. The van der Waals surface area contributed by atoms with Gasteiger partial charge in [-0.25, -0.2) is 9.97 Å². The molecule has 0 fully saturated rings. The van der Waals surface area contributed by atoms with Crippen LogP contribution >= 0.6 is 0 Å². The molecule has 0 aliphatic carbocycles. The number of carboxylic acids is 1. The van der Waals surface area contributed by atoms with Crippen LogP contribution in [0.25, 0.3) is 79.8 Å². The van der Waals surface area contributed by atoms with Crippen LogP contribution in [-0.2, 0) is 39.9 Å². The van der Waals surface area contributed by atoms with Crippen molar-refractivity contribution in [2.45, 2.75) is 33.9 Å². The molecule has 5 heterocycles. The second-order valence-electron chi connectivity index (χ2n) is 14.3. The Morgan fingerprint density at radius 1 is 0.476 bits per heavy atom. The van der Waals surface area contributed by atoms with E-state index in [1.165, 1.54) is 72.8 Å². The van der Waals surface area contributed by atoms with E-state index in [2.05, 4.69) is 15.3 Å². The van der Waals surface area contributed by atoms with Gasteiger partial charge in [-0.15, -0.1) is 0 Å². The van der Waals surface area contributed by atoms with Gasteiger partial charge in [-0.05, 0) is 108 Å². The highest BCUT2D eigenvalue weighted by molar-refractivity contribution is 7.86. The number of aromatic nitrogens is 4. The van der Waals surface area contributed by atoms with E-state index in [0.29, 0.717) is 72.5 Å². The minimum atomic E-state index is -4.55.